The number of methoxy groups -OCH3 is 1. The molecule has 1 amide bonds. The minimum atomic E-state index is -0.775. The van der Waals surface area contributed by atoms with Crippen molar-refractivity contribution in [2.75, 3.05) is 20.3 Å². The number of hydrogen-bond acceptors (Lipinski definition) is 5. The minimum Gasteiger partial charge on any atom is -0.504 e. The van der Waals surface area contributed by atoms with Gasteiger partial charge in [0.05, 0.1) is 25.4 Å². The Labute approximate surface area is 195 Å². The van der Waals surface area contributed by atoms with Gasteiger partial charge in [-0.25, -0.2) is 0 Å². The molecule has 1 aliphatic heterocycles. The minimum absolute atomic E-state index is 0.0580. The van der Waals surface area contributed by atoms with E-state index >= 15 is 0 Å². The van der Waals surface area contributed by atoms with E-state index in [1.54, 1.807) is 19.3 Å². The molecule has 2 aromatic carbocycles. The number of nitrogens with zero attached hydrogens (tertiary/aromatic N) is 1. The van der Waals surface area contributed by atoms with Gasteiger partial charge in [-0.2, -0.15) is 0 Å². The van der Waals surface area contributed by atoms with Crippen molar-refractivity contribution in [2.24, 2.45) is 5.92 Å². The van der Waals surface area contributed by atoms with Crippen molar-refractivity contribution in [3.05, 3.63) is 59.7 Å². The number of amides is 1. The molecule has 2 aromatic rings. The highest BCUT2D eigenvalue weighted by molar-refractivity contribution is 5.92. The number of carbonyl (C=O) groups is 1. The maximum absolute atomic E-state index is 13.4. The Morgan fingerprint density at radius 3 is 2.70 bits per heavy atom. The number of carbonyl (C=O) groups excluding carboxylic acids is 1. The van der Waals surface area contributed by atoms with Crippen molar-refractivity contribution in [3.8, 4) is 17.2 Å². The summed E-state index contributed by atoms with van der Waals surface area (Å²) in [6.45, 7) is 2.78. The molecule has 0 aromatic heterocycles. The van der Waals surface area contributed by atoms with Gasteiger partial charge in [0.2, 0.25) is 5.91 Å². The van der Waals surface area contributed by atoms with E-state index in [1.165, 1.54) is 0 Å². The maximum atomic E-state index is 13.4. The van der Waals surface area contributed by atoms with E-state index in [9.17, 15) is 15.0 Å². The number of ether oxygens (including phenoxy) is 2. The molecular weight excluding hydrogens is 418 g/mol. The highest BCUT2D eigenvalue weighted by Gasteiger charge is 2.50. The van der Waals surface area contributed by atoms with Crippen LogP contribution in [0.15, 0.2) is 48.5 Å². The molecule has 6 heteroatoms. The largest absolute Gasteiger partial charge is 0.504 e. The zero-order valence-electron chi connectivity index (χ0n) is 19.4. The van der Waals surface area contributed by atoms with Crippen LogP contribution < -0.4 is 9.47 Å². The van der Waals surface area contributed by atoms with Crippen molar-refractivity contribution in [3.63, 3.8) is 0 Å². The van der Waals surface area contributed by atoms with Gasteiger partial charge >= 0.3 is 0 Å². The number of phenolic OH excluding ortho intramolecular Hbond substituents is 1. The molecule has 6 nitrogen and oxygen atoms in total. The van der Waals surface area contributed by atoms with Crippen LogP contribution in [0.4, 0.5) is 0 Å². The van der Waals surface area contributed by atoms with Crippen LogP contribution in [0.5, 0.6) is 17.2 Å². The third-order valence-electron chi connectivity index (χ3n) is 7.01. The zero-order valence-corrected chi connectivity index (χ0v) is 19.4. The summed E-state index contributed by atoms with van der Waals surface area (Å²) in [5, 5.41) is 21.7. The van der Waals surface area contributed by atoms with Gasteiger partial charge in [0, 0.05) is 18.5 Å². The lowest BCUT2D eigenvalue weighted by Gasteiger charge is -2.52. The van der Waals surface area contributed by atoms with E-state index in [-0.39, 0.29) is 23.6 Å². The lowest BCUT2D eigenvalue weighted by molar-refractivity contribution is -0.150. The Bertz CT molecular complexity index is 1000. The molecule has 33 heavy (non-hydrogen) atoms. The van der Waals surface area contributed by atoms with E-state index in [1.807, 2.05) is 54.3 Å². The number of benzene rings is 2. The smallest absolute Gasteiger partial charge is 0.247 e. The van der Waals surface area contributed by atoms with Gasteiger partial charge in [0.15, 0.2) is 11.5 Å². The van der Waals surface area contributed by atoms with Gasteiger partial charge < -0.3 is 24.6 Å². The third kappa shape index (κ3) is 4.86. The highest BCUT2D eigenvalue weighted by Crippen LogP contribution is 2.50. The number of hydrogen-bond donors (Lipinski definition) is 2. The van der Waals surface area contributed by atoms with Crippen molar-refractivity contribution in [1.82, 2.24) is 4.90 Å². The highest BCUT2D eigenvalue weighted by atomic mass is 16.5. The van der Waals surface area contributed by atoms with Gasteiger partial charge in [0.1, 0.15) is 5.75 Å². The lowest BCUT2D eigenvalue weighted by atomic mass is 9.66. The predicted molar refractivity (Wildman–Crippen MR) is 127 cm³/mol. The predicted octanol–water partition coefficient (Wildman–Crippen LogP) is 4.71. The van der Waals surface area contributed by atoms with Crippen LogP contribution in [0.2, 0.25) is 0 Å². The second kappa shape index (κ2) is 9.87. The Morgan fingerprint density at radius 1 is 1.18 bits per heavy atom. The number of likely N-dealkylation sites (tertiary alicyclic amines) is 1. The number of rotatable bonds is 6. The molecule has 176 valence electrons. The summed E-state index contributed by atoms with van der Waals surface area (Å²) in [6.07, 6.45) is 7.64. The molecule has 3 unspecified atom stereocenters. The van der Waals surface area contributed by atoms with E-state index < -0.39 is 5.60 Å². The van der Waals surface area contributed by atoms with Crippen molar-refractivity contribution < 1.29 is 24.5 Å². The number of aromatic hydroxyl groups is 1. The maximum Gasteiger partial charge on any atom is 0.247 e. The van der Waals surface area contributed by atoms with Gasteiger partial charge in [-0.15, -0.1) is 0 Å². The van der Waals surface area contributed by atoms with Crippen LogP contribution in [-0.2, 0) is 4.79 Å². The summed E-state index contributed by atoms with van der Waals surface area (Å²) in [5.74, 6) is 1.10. The molecule has 2 N–H and O–H groups in total. The molecule has 4 rings (SSSR count). The van der Waals surface area contributed by atoms with Gasteiger partial charge in [-0.3, -0.25) is 4.79 Å². The average molecular weight is 452 g/mol. The molecule has 3 atom stereocenters. The molecule has 1 saturated carbocycles. The van der Waals surface area contributed by atoms with Gasteiger partial charge in [-0.1, -0.05) is 31.0 Å². The second-order valence-corrected chi connectivity index (χ2v) is 8.95. The van der Waals surface area contributed by atoms with Crippen LogP contribution in [0.1, 0.15) is 56.2 Å². The fraction of sp³-hybridized carbons (Fsp3) is 0.444. The first kappa shape index (κ1) is 23.2. The molecule has 2 aliphatic rings. The Morgan fingerprint density at radius 2 is 1.97 bits per heavy atom. The summed E-state index contributed by atoms with van der Waals surface area (Å²) >= 11 is 0. The van der Waals surface area contributed by atoms with Gasteiger partial charge in [0.25, 0.3) is 0 Å². The quantitative estimate of drug-likeness (QED) is 0.622. The number of aliphatic hydroxyl groups is 1. The van der Waals surface area contributed by atoms with Crippen molar-refractivity contribution >= 4 is 12.0 Å². The monoisotopic (exact) mass is 451 g/mol. The molecule has 0 radical (unpaired) electrons. The molecule has 0 bridgehead atoms. The molecule has 1 aliphatic carbocycles. The van der Waals surface area contributed by atoms with E-state index in [0.29, 0.717) is 25.3 Å². The molecular formula is C27H33NO5. The average Bonchev–Trinajstić information content (AvgIpc) is 2.83. The second-order valence-electron chi connectivity index (χ2n) is 8.95. The fourth-order valence-corrected chi connectivity index (χ4v) is 5.31. The molecule has 0 spiro atoms. The third-order valence-corrected chi connectivity index (χ3v) is 7.01. The number of piperidine rings is 1. The zero-order chi connectivity index (χ0) is 23.4. The van der Waals surface area contributed by atoms with E-state index in [2.05, 4.69) is 0 Å². The Hall–Kier alpha value is -2.99. The number of phenols is 1. The van der Waals surface area contributed by atoms with Crippen LogP contribution in [0.3, 0.4) is 0 Å². The van der Waals surface area contributed by atoms with Crippen molar-refractivity contribution in [2.45, 2.75) is 50.7 Å². The van der Waals surface area contributed by atoms with E-state index in [4.69, 9.17) is 9.47 Å². The van der Waals surface area contributed by atoms with Crippen molar-refractivity contribution in [1.29, 1.82) is 0 Å². The fourth-order valence-electron chi connectivity index (χ4n) is 5.31. The topological polar surface area (TPSA) is 79.2 Å². The standard InChI is InChI=1S/C27H33NO5/c1-3-33-24-18-20(10-13-23(24)29)26-22-6-4-5-15-27(22,31)16-17-28(26)25(30)14-9-19-7-11-21(32-2)12-8-19/h7-14,18,22,26,29,31H,3-6,15-17H2,1-2H3. The summed E-state index contributed by atoms with van der Waals surface area (Å²) in [4.78, 5) is 15.3. The first-order chi connectivity index (χ1) is 15.9. The molecule has 2 fully saturated rings. The van der Waals surface area contributed by atoms with Crippen LogP contribution in [0.25, 0.3) is 6.08 Å². The van der Waals surface area contributed by atoms with Gasteiger partial charge in [-0.05, 0) is 67.7 Å². The van der Waals surface area contributed by atoms with E-state index in [0.717, 1.165) is 42.6 Å². The number of fused-ring (bicyclic) bond motifs is 1. The molecule has 1 saturated heterocycles. The Kier molecular flexibility index (Phi) is 6.94. The van der Waals surface area contributed by atoms with Crippen LogP contribution >= 0.6 is 0 Å². The first-order valence-electron chi connectivity index (χ1n) is 11.8. The Balaban J connectivity index is 1.65. The summed E-state index contributed by atoms with van der Waals surface area (Å²) in [5.41, 5.74) is 1.02. The SMILES string of the molecule is CCOc1cc(C2C3CCCCC3(O)CCN2C(=O)C=Cc2ccc(OC)cc2)ccc1O. The normalized spacial score (nSPS) is 25.0. The summed E-state index contributed by atoms with van der Waals surface area (Å²) in [6, 6.07) is 12.5. The lowest BCUT2D eigenvalue weighted by Crippen LogP contribution is -2.56. The summed E-state index contributed by atoms with van der Waals surface area (Å²) < 4.78 is 10.8. The van der Waals surface area contributed by atoms with Crippen LogP contribution in [-0.4, -0.2) is 46.9 Å². The molecule has 1 heterocycles. The van der Waals surface area contributed by atoms with Crippen LogP contribution in [0, 0.1) is 5.92 Å². The first-order valence-corrected chi connectivity index (χ1v) is 11.8. The summed E-state index contributed by atoms with van der Waals surface area (Å²) in [7, 11) is 1.62.